The van der Waals surface area contributed by atoms with Gasteiger partial charge in [0, 0.05) is 6.04 Å². The summed E-state index contributed by atoms with van der Waals surface area (Å²) in [6, 6.07) is 5.66. The Morgan fingerprint density at radius 3 is 2.65 bits per heavy atom. The van der Waals surface area contributed by atoms with E-state index in [0.29, 0.717) is 23.6 Å². The van der Waals surface area contributed by atoms with Crippen LogP contribution in [0.4, 0.5) is 0 Å². The maximum absolute atomic E-state index is 10.6. The molecule has 0 unspecified atom stereocenters. The standard InChI is InChI=1S/C13H18ClNO2/c1-17-12-8-9(2-3-11(12)14)13(16)6-4-10(15)5-7-13/h2-3,8,10,16H,4-7,15H2,1H3. The minimum Gasteiger partial charge on any atom is -0.495 e. The van der Waals surface area contributed by atoms with Crippen LogP contribution < -0.4 is 10.5 Å². The summed E-state index contributed by atoms with van der Waals surface area (Å²) in [5.74, 6) is 0.604. The first-order valence-electron chi connectivity index (χ1n) is 5.87. The van der Waals surface area contributed by atoms with E-state index in [1.807, 2.05) is 12.1 Å². The summed E-state index contributed by atoms with van der Waals surface area (Å²) < 4.78 is 5.17. The van der Waals surface area contributed by atoms with Gasteiger partial charge in [-0.15, -0.1) is 0 Å². The summed E-state index contributed by atoms with van der Waals surface area (Å²) in [5, 5.41) is 11.2. The highest BCUT2D eigenvalue weighted by Crippen LogP contribution is 2.39. The Labute approximate surface area is 107 Å². The van der Waals surface area contributed by atoms with Crippen molar-refractivity contribution < 1.29 is 9.84 Å². The van der Waals surface area contributed by atoms with Gasteiger partial charge in [0.25, 0.3) is 0 Å². The van der Waals surface area contributed by atoms with Gasteiger partial charge in [-0.1, -0.05) is 17.7 Å². The lowest BCUT2D eigenvalue weighted by molar-refractivity contribution is -0.00511. The fraction of sp³-hybridized carbons (Fsp3) is 0.538. The second kappa shape index (κ2) is 4.84. The zero-order valence-electron chi connectivity index (χ0n) is 9.95. The largest absolute Gasteiger partial charge is 0.495 e. The molecule has 0 heterocycles. The second-order valence-corrected chi connectivity index (χ2v) is 5.13. The number of rotatable bonds is 2. The van der Waals surface area contributed by atoms with Gasteiger partial charge in [-0.3, -0.25) is 0 Å². The van der Waals surface area contributed by atoms with Gasteiger partial charge < -0.3 is 15.6 Å². The zero-order valence-corrected chi connectivity index (χ0v) is 10.7. The number of aliphatic hydroxyl groups is 1. The molecule has 0 atom stereocenters. The Bertz CT molecular complexity index is 400. The van der Waals surface area contributed by atoms with Crippen molar-refractivity contribution in [3.63, 3.8) is 0 Å². The first kappa shape index (κ1) is 12.7. The van der Waals surface area contributed by atoms with Crippen LogP contribution in [-0.2, 0) is 5.60 Å². The molecule has 1 aromatic rings. The van der Waals surface area contributed by atoms with Gasteiger partial charge in [0.15, 0.2) is 0 Å². The summed E-state index contributed by atoms with van der Waals surface area (Å²) in [6.07, 6.45) is 3.08. The molecule has 1 saturated carbocycles. The Morgan fingerprint density at radius 1 is 1.41 bits per heavy atom. The molecule has 2 rings (SSSR count). The van der Waals surface area contributed by atoms with Crippen molar-refractivity contribution in [1.82, 2.24) is 0 Å². The number of methoxy groups -OCH3 is 1. The van der Waals surface area contributed by atoms with Crippen LogP contribution in [0.2, 0.25) is 5.02 Å². The lowest BCUT2D eigenvalue weighted by Gasteiger charge is -2.35. The summed E-state index contributed by atoms with van der Waals surface area (Å²) in [6.45, 7) is 0. The molecule has 0 radical (unpaired) electrons. The van der Waals surface area contributed by atoms with Gasteiger partial charge in [0.1, 0.15) is 5.75 Å². The third-order valence-corrected chi connectivity index (χ3v) is 3.86. The first-order chi connectivity index (χ1) is 8.05. The van der Waals surface area contributed by atoms with E-state index in [1.54, 1.807) is 13.2 Å². The van der Waals surface area contributed by atoms with E-state index < -0.39 is 5.60 Å². The van der Waals surface area contributed by atoms with E-state index in [-0.39, 0.29) is 6.04 Å². The summed E-state index contributed by atoms with van der Waals surface area (Å²) >= 11 is 5.98. The van der Waals surface area contributed by atoms with Crippen LogP contribution in [0.1, 0.15) is 31.2 Å². The fourth-order valence-electron chi connectivity index (χ4n) is 2.36. The fourth-order valence-corrected chi connectivity index (χ4v) is 2.55. The van der Waals surface area contributed by atoms with E-state index in [2.05, 4.69) is 0 Å². The van der Waals surface area contributed by atoms with Gasteiger partial charge in [-0.25, -0.2) is 0 Å². The molecule has 3 N–H and O–H groups in total. The van der Waals surface area contributed by atoms with Crippen LogP contribution in [0.5, 0.6) is 5.75 Å². The number of hydrogen-bond donors (Lipinski definition) is 2. The van der Waals surface area contributed by atoms with Gasteiger partial charge in [0.05, 0.1) is 17.7 Å². The average molecular weight is 256 g/mol. The highest BCUT2D eigenvalue weighted by Gasteiger charge is 2.34. The van der Waals surface area contributed by atoms with Crippen molar-refractivity contribution in [3.8, 4) is 5.75 Å². The predicted molar refractivity (Wildman–Crippen MR) is 68.3 cm³/mol. The van der Waals surface area contributed by atoms with Crippen molar-refractivity contribution in [1.29, 1.82) is 0 Å². The first-order valence-corrected chi connectivity index (χ1v) is 6.25. The molecule has 0 saturated heterocycles. The molecule has 1 aromatic carbocycles. The minimum atomic E-state index is -0.784. The molecule has 0 aliphatic heterocycles. The second-order valence-electron chi connectivity index (χ2n) is 4.72. The molecule has 4 heteroatoms. The van der Waals surface area contributed by atoms with Gasteiger partial charge >= 0.3 is 0 Å². The summed E-state index contributed by atoms with van der Waals surface area (Å²) in [5.41, 5.74) is 5.94. The molecule has 17 heavy (non-hydrogen) atoms. The Balaban J connectivity index is 2.27. The topological polar surface area (TPSA) is 55.5 Å². The Morgan fingerprint density at radius 2 is 2.06 bits per heavy atom. The van der Waals surface area contributed by atoms with E-state index in [1.165, 1.54) is 0 Å². The molecule has 0 bridgehead atoms. The van der Waals surface area contributed by atoms with Crippen LogP contribution in [0, 0.1) is 0 Å². The van der Waals surface area contributed by atoms with E-state index in [9.17, 15) is 5.11 Å². The maximum atomic E-state index is 10.6. The molecular formula is C13H18ClNO2. The molecule has 1 fully saturated rings. The molecule has 3 nitrogen and oxygen atoms in total. The summed E-state index contributed by atoms with van der Waals surface area (Å²) in [4.78, 5) is 0. The van der Waals surface area contributed by atoms with Gasteiger partial charge in [0.2, 0.25) is 0 Å². The monoisotopic (exact) mass is 255 g/mol. The highest BCUT2D eigenvalue weighted by atomic mass is 35.5. The van der Waals surface area contributed by atoms with E-state index in [4.69, 9.17) is 22.1 Å². The van der Waals surface area contributed by atoms with Crippen molar-refractivity contribution in [2.45, 2.75) is 37.3 Å². The zero-order chi connectivity index (χ0) is 12.5. The van der Waals surface area contributed by atoms with Crippen molar-refractivity contribution in [3.05, 3.63) is 28.8 Å². The number of hydrogen-bond acceptors (Lipinski definition) is 3. The smallest absolute Gasteiger partial charge is 0.137 e. The van der Waals surface area contributed by atoms with Crippen LogP contribution in [0.25, 0.3) is 0 Å². The van der Waals surface area contributed by atoms with Gasteiger partial charge in [-0.05, 0) is 43.4 Å². The molecule has 1 aliphatic carbocycles. The minimum absolute atomic E-state index is 0.212. The number of halogens is 1. The molecule has 0 aromatic heterocycles. The van der Waals surface area contributed by atoms with Crippen LogP contribution in [0.15, 0.2) is 18.2 Å². The van der Waals surface area contributed by atoms with E-state index >= 15 is 0 Å². The number of benzene rings is 1. The molecule has 1 aliphatic rings. The lowest BCUT2D eigenvalue weighted by atomic mass is 9.78. The lowest BCUT2D eigenvalue weighted by Crippen LogP contribution is -2.36. The van der Waals surface area contributed by atoms with Crippen LogP contribution >= 0.6 is 11.6 Å². The van der Waals surface area contributed by atoms with E-state index in [0.717, 1.165) is 18.4 Å². The Hall–Kier alpha value is -0.770. The SMILES string of the molecule is COc1cc(C2(O)CCC(N)CC2)ccc1Cl. The third-order valence-electron chi connectivity index (χ3n) is 3.55. The number of nitrogens with two attached hydrogens (primary N) is 1. The van der Waals surface area contributed by atoms with Crippen molar-refractivity contribution in [2.75, 3.05) is 7.11 Å². The third kappa shape index (κ3) is 2.57. The van der Waals surface area contributed by atoms with Crippen LogP contribution in [0.3, 0.4) is 0 Å². The van der Waals surface area contributed by atoms with Crippen LogP contribution in [-0.4, -0.2) is 18.3 Å². The highest BCUT2D eigenvalue weighted by molar-refractivity contribution is 6.32. The Kier molecular flexibility index (Phi) is 3.61. The normalized spacial score (nSPS) is 29.1. The van der Waals surface area contributed by atoms with Gasteiger partial charge in [-0.2, -0.15) is 0 Å². The maximum Gasteiger partial charge on any atom is 0.137 e. The summed E-state index contributed by atoms with van der Waals surface area (Å²) in [7, 11) is 1.58. The predicted octanol–water partition coefficient (Wildman–Crippen LogP) is 2.44. The van der Waals surface area contributed by atoms with Crippen molar-refractivity contribution in [2.24, 2.45) is 5.73 Å². The molecule has 94 valence electrons. The molecular weight excluding hydrogens is 238 g/mol. The number of ether oxygens (including phenoxy) is 1. The molecule has 0 amide bonds. The van der Waals surface area contributed by atoms with Crippen molar-refractivity contribution >= 4 is 11.6 Å². The molecule has 0 spiro atoms. The quantitative estimate of drug-likeness (QED) is 0.854. The average Bonchev–Trinajstić information content (AvgIpc) is 2.34.